The van der Waals surface area contributed by atoms with Gasteiger partial charge in [0.2, 0.25) is 5.91 Å². The summed E-state index contributed by atoms with van der Waals surface area (Å²) in [4.78, 5) is 21.3. The first-order valence-electron chi connectivity index (χ1n) is 4.15. The SMILES string of the molecule is CC(C(=O)O)c1ccc(C(N)=O)cc1. The van der Waals surface area contributed by atoms with Crippen molar-refractivity contribution < 1.29 is 14.7 Å². The zero-order valence-corrected chi connectivity index (χ0v) is 7.73. The van der Waals surface area contributed by atoms with Crippen molar-refractivity contribution in [2.24, 2.45) is 5.73 Å². The van der Waals surface area contributed by atoms with Gasteiger partial charge in [-0.25, -0.2) is 0 Å². The molecule has 0 radical (unpaired) electrons. The van der Waals surface area contributed by atoms with E-state index >= 15 is 0 Å². The van der Waals surface area contributed by atoms with Crippen molar-refractivity contribution in [3.05, 3.63) is 35.4 Å². The number of rotatable bonds is 3. The van der Waals surface area contributed by atoms with E-state index in [0.717, 1.165) is 0 Å². The Morgan fingerprint density at radius 2 is 1.79 bits per heavy atom. The van der Waals surface area contributed by atoms with Crippen molar-refractivity contribution in [1.82, 2.24) is 0 Å². The number of nitrogens with two attached hydrogens (primary N) is 1. The van der Waals surface area contributed by atoms with Crippen molar-refractivity contribution in [1.29, 1.82) is 0 Å². The lowest BCUT2D eigenvalue weighted by Gasteiger charge is -2.06. The minimum absolute atomic E-state index is 0.381. The number of benzene rings is 1. The second-order valence-corrected chi connectivity index (χ2v) is 3.05. The van der Waals surface area contributed by atoms with Crippen LogP contribution in [-0.4, -0.2) is 17.0 Å². The molecular formula is C10H11NO3. The quantitative estimate of drug-likeness (QED) is 0.750. The third kappa shape index (κ3) is 2.10. The molecule has 0 aliphatic heterocycles. The summed E-state index contributed by atoms with van der Waals surface area (Å²) in [6.07, 6.45) is 0. The molecule has 74 valence electrons. The molecule has 4 nitrogen and oxygen atoms in total. The molecule has 0 aromatic heterocycles. The summed E-state index contributed by atoms with van der Waals surface area (Å²) in [7, 11) is 0. The van der Waals surface area contributed by atoms with Gasteiger partial charge in [0.05, 0.1) is 5.92 Å². The van der Waals surface area contributed by atoms with Gasteiger partial charge in [-0.15, -0.1) is 0 Å². The van der Waals surface area contributed by atoms with Gasteiger partial charge in [0.15, 0.2) is 0 Å². The average molecular weight is 193 g/mol. The van der Waals surface area contributed by atoms with E-state index in [1.54, 1.807) is 19.1 Å². The Balaban J connectivity index is 2.94. The Bertz CT molecular complexity index is 356. The van der Waals surface area contributed by atoms with Gasteiger partial charge in [0.25, 0.3) is 0 Å². The smallest absolute Gasteiger partial charge is 0.310 e. The highest BCUT2D eigenvalue weighted by atomic mass is 16.4. The third-order valence-electron chi connectivity index (χ3n) is 2.07. The summed E-state index contributed by atoms with van der Waals surface area (Å²) < 4.78 is 0. The number of carbonyl (C=O) groups excluding carboxylic acids is 1. The van der Waals surface area contributed by atoms with Crippen LogP contribution in [0.3, 0.4) is 0 Å². The molecule has 1 atom stereocenters. The van der Waals surface area contributed by atoms with Crippen molar-refractivity contribution in [3.8, 4) is 0 Å². The maximum Gasteiger partial charge on any atom is 0.310 e. The molecule has 1 aromatic rings. The highest BCUT2D eigenvalue weighted by Gasteiger charge is 2.13. The second kappa shape index (κ2) is 3.91. The lowest BCUT2D eigenvalue weighted by Crippen LogP contribution is -2.12. The van der Waals surface area contributed by atoms with E-state index in [0.29, 0.717) is 11.1 Å². The Hall–Kier alpha value is -1.84. The maximum atomic E-state index is 10.7. The molecule has 0 spiro atoms. The molecule has 1 unspecified atom stereocenters. The van der Waals surface area contributed by atoms with Crippen molar-refractivity contribution >= 4 is 11.9 Å². The number of carboxylic acids is 1. The van der Waals surface area contributed by atoms with Crippen molar-refractivity contribution in [2.45, 2.75) is 12.8 Å². The maximum absolute atomic E-state index is 10.7. The van der Waals surface area contributed by atoms with E-state index in [1.807, 2.05) is 0 Å². The Kier molecular flexibility index (Phi) is 2.86. The minimum atomic E-state index is -0.892. The second-order valence-electron chi connectivity index (χ2n) is 3.05. The average Bonchev–Trinajstić information content (AvgIpc) is 2.16. The first-order chi connectivity index (χ1) is 6.52. The van der Waals surface area contributed by atoms with Gasteiger partial charge in [-0.1, -0.05) is 12.1 Å². The van der Waals surface area contributed by atoms with Crippen LogP contribution in [0.5, 0.6) is 0 Å². The highest BCUT2D eigenvalue weighted by Crippen LogP contribution is 2.15. The van der Waals surface area contributed by atoms with Gasteiger partial charge in [0, 0.05) is 5.56 Å². The molecule has 1 amide bonds. The van der Waals surface area contributed by atoms with E-state index in [-0.39, 0.29) is 0 Å². The standard InChI is InChI=1S/C10H11NO3/c1-6(10(13)14)7-2-4-8(5-3-7)9(11)12/h2-6H,1H3,(H2,11,12)(H,13,14). The summed E-state index contributed by atoms with van der Waals surface area (Å²) in [5.41, 5.74) is 6.08. The summed E-state index contributed by atoms with van der Waals surface area (Å²) in [6, 6.07) is 6.24. The molecule has 0 saturated heterocycles. The number of hydrogen-bond acceptors (Lipinski definition) is 2. The van der Waals surface area contributed by atoms with E-state index < -0.39 is 17.8 Å². The van der Waals surface area contributed by atoms with Crippen molar-refractivity contribution in [2.75, 3.05) is 0 Å². The van der Waals surface area contributed by atoms with E-state index in [4.69, 9.17) is 10.8 Å². The molecule has 1 rings (SSSR count). The normalized spacial score (nSPS) is 12.1. The molecule has 0 aliphatic rings. The number of hydrogen-bond donors (Lipinski definition) is 2. The molecule has 4 heteroatoms. The Morgan fingerprint density at radius 3 is 2.14 bits per heavy atom. The summed E-state index contributed by atoms with van der Waals surface area (Å²) in [5, 5.41) is 8.72. The fraction of sp³-hybridized carbons (Fsp3) is 0.200. The van der Waals surface area contributed by atoms with E-state index in [1.165, 1.54) is 12.1 Å². The van der Waals surface area contributed by atoms with Crippen LogP contribution in [0.4, 0.5) is 0 Å². The van der Waals surface area contributed by atoms with Crippen LogP contribution < -0.4 is 5.73 Å². The number of aliphatic carboxylic acids is 1. The fourth-order valence-corrected chi connectivity index (χ4v) is 1.08. The molecule has 0 fully saturated rings. The largest absolute Gasteiger partial charge is 0.481 e. The Labute approximate surface area is 81.3 Å². The predicted molar refractivity (Wildman–Crippen MR) is 51.0 cm³/mol. The van der Waals surface area contributed by atoms with Gasteiger partial charge in [-0.3, -0.25) is 9.59 Å². The summed E-state index contributed by atoms with van der Waals surface area (Å²) >= 11 is 0. The number of carboxylic acid groups (broad SMARTS) is 1. The zero-order chi connectivity index (χ0) is 10.7. The summed E-state index contributed by atoms with van der Waals surface area (Å²) in [5.74, 6) is -1.98. The van der Waals surface area contributed by atoms with Gasteiger partial charge >= 0.3 is 5.97 Å². The molecular weight excluding hydrogens is 182 g/mol. The van der Waals surface area contributed by atoms with Gasteiger partial charge in [-0.2, -0.15) is 0 Å². The first kappa shape index (κ1) is 10.2. The third-order valence-corrected chi connectivity index (χ3v) is 2.07. The van der Waals surface area contributed by atoms with Crippen LogP contribution in [0, 0.1) is 0 Å². The molecule has 1 aromatic carbocycles. The van der Waals surface area contributed by atoms with E-state index in [2.05, 4.69) is 0 Å². The van der Waals surface area contributed by atoms with Gasteiger partial charge < -0.3 is 10.8 Å². The zero-order valence-electron chi connectivity index (χ0n) is 7.73. The lowest BCUT2D eigenvalue weighted by atomic mass is 10.00. The van der Waals surface area contributed by atoms with Crippen LogP contribution in [0.2, 0.25) is 0 Å². The first-order valence-corrected chi connectivity index (χ1v) is 4.15. The van der Waals surface area contributed by atoms with Gasteiger partial charge in [0.1, 0.15) is 0 Å². The molecule has 3 N–H and O–H groups in total. The minimum Gasteiger partial charge on any atom is -0.481 e. The summed E-state index contributed by atoms with van der Waals surface area (Å²) in [6.45, 7) is 1.58. The van der Waals surface area contributed by atoms with E-state index in [9.17, 15) is 9.59 Å². The monoisotopic (exact) mass is 193 g/mol. The molecule has 14 heavy (non-hydrogen) atoms. The predicted octanol–water partition coefficient (Wildman–Crippen LogP) is 0.974. The van der Waals surface area contributed by atoms with Crippen LogP contribution in [0.15, 0.2) is 24.3 Å². The van der Waals surface area contributed by atoms with Crippen LogP contribution in [0.25, 0.3) is 0 Å². The molecule has 0 saturated carbocycles. The number of amides is 1. The number of primary amides is 1. The lowest BCUT2D eigenvalue weighted by molar-refractivity contribution is -0.138. The fourth-order valence-electron chi connectivity index (χ4n) is 1.08. The molecule has 0 aliphatic carbocycles. The topological polar surface area (TPSA) is 80.4 Å². The molecule has 0 bridgehead atoms. The molecule has 0 heterocycles. The van der Waals surface area contributed by atoms with Gasteiger partial charge in [-0.05, 0) is 24.6 Å². The Morgan fingerprint density at radius 1 is 1.29 bits per heavy atom. The van der Waals surface area contributed by atoms with Crippen LogP contribution in [0.1, 0.15) is 28.8 Å². The highest BCUT2D eigenvalue weighted by molar-refractivity contribution is 5.92. The van der Waals surface area contributed by atoms with Crippen LogP contribution >= 0.6 is 0 Å². The van der Waals surface area contributed by atoms with Crippen LogP contribution in [-0.2, 0) is 4.79 Å². The van der Waals surface area contributed by atoms with Crippen molar-refractivity contribution in [3.63, 3.8) is 0 Å². The number of carbonyl (C=O) groups is 2.